The predicted molar refractivity (Wildman–Crippen MR) is 110 cm³/mol. The minimum atomic E-state index is -0.671. The molecule has 0 saturated carbocycles. The van der Waals surface area contributed by atoms with Crippen molar-refractivity contribution in [3.63, 3.8) is 0 Å². The van der Waals surface area contributed by atoms with Gasteiger partial charge in [-0.25, -0.2) is 4.79 Å². The van der Waals surface area contributed by atoms with Gasteiger partial charge in [-0.15, -0.1) is 0 Å². The van der Waals surface area contributed by atoms with E-state index in [1.54, 1.807) is 49.6 Å². The van der Waals surface area contributed by atoms with Crippen molar-refractivity contribution >= 4 is 17.9 Å². The van der Waals surface area contributed by atoms with Crippen LogP contribution in [0, 0.1) is 0 Å². The Bertz CT molecular complexity index is 736. The van der Waals surface area contributed by atoms with Crippen LogP contribution in [0.15, 0.2) is 24.3 Å². The Hall–Kier alpha value is -2.97. The summed E-state index contributed by atoms with van der Waals surface area (Å²) in [6, 6.07) is 6.19. The average Bonchev–Trinajstić information content (AvgIpc) is 2.67. The molecule has 0 aromatic heterocycles. The highest BCUT2D eigenvalue weighted by molar-refractivity contribution is 5.82. The number of alkyl carbamates (subject to hydrolysis) is 1. The van der Waals surface area contributed by atoms with Gasteiger partial charge in [0.1, 0.15) is 17.1 Å². The van der Waals surface area contributed by atoms with E-state index in [-0.39, 0.29) is 30.5 Å². The molecule has 1 aliphatic rings. The molecule has 0 radical (unpaired) electrons. The van der Waals surface area contributed by atoms with Crippen LogP contribution < -0.4 is 10.1 Å². The lowest BCUT2D eigenvalue weighted by molar-refractivity contribution is -0.143. The average molecular weight is 421 g/mol. The summed E-state index contributed by atoms with van der Waals surface area (Å²) < 4.78 is 10.8. The van der Waals surface area contributed by atoms with Gasteiger partial charge in [-0.05, 0) is 52.0 Å². The molecule has 0 aliphatic carbocycles. The Kier molecular flexibility index (Phi) is 7.91. The second-order valence-electron chi connectivity index (χ2n) is 8.14. The first kappa shape index (κ1) is 23.3. The number of rotatable bonds is 6. The van der Waals surface area contributed by atoms with Crippen LogP contribution in [0.25, 0.3) is 0 Å². The topological polar surface area (TPSA) is 108 Å². The SMILES string of the molecule is CC(Oc1ccc(O)cc1)C(=O)N1CCN(C(=O)CCNC(=O)OC(C)(C)C)CC1. The Morgan fingerprint density at radius 2 is 1.63 bits per heavy atom. The molecule has 1 aliphatic heterocycles. The highest BCUT2D eigenvalue weighted by Crippen LogP contribution is 2.18. The Balaban J connectivity index is 1.71. The third kappa shape index (κ3) is 7.46. The van der Waals surface area contributed by atoms with E-state index < -0.39 is 17.8 Å². The number of hydrogen-bond acceptors (Lipinski definition) is 6. The normalized spacial score (nSPS) is 15.3. The molecular formula is C21H31N3O6. The first-order valence-corrected chi connectivity index (χ1v) is 10.0. The van der Waals surface area contributed by atoms with Crippen molar-refractivity contribution in [3.8, 4) is 11.5 Å². The van der Waals surface area contributed by atoms with Crippen LogP contribution in [-0.2, 0) is 14.3 Å². The second-order valence-corrected chi connectivity index (χ2v) is 8.14. The van der Waals surface area contributed by atoms with E-state index in [1.807, 2.05) is 0 Å². The standard InChI is InChI=1S/C21H31N3O6/c1-15(29-17-7-5-16(25)6-8-17)19(27)24-13-11-23(12-14-24)18(26)9-10-22-20(28)30-21(2,3)4/h5-8,15,25H,9-14H2,1-4H3,(H,22,28). The lowest BCUT2D eigenvalue weighted by atomic mass is 10.2. The Morgan fingerprint density at radius 1 is 1.07 bits per heavy atom. The third-order valence-corrected chi connectivity index (χ3v) is 4.45. The number of carbonyl (C=O) groups excluding carboxylic acids is 3. The summed E-state index contributed by atoms with van der Waals surface area (Å²) in [5.74, 6) is 0.400. The highest BCUT2D eigenvalue weighted by Gasteiger charge is 2.28. The fraction of sp³-hybridized carbons (Fsp3) is 0.571. The highest BCUT2D eigenvalue weighted by atomic mass is 16.6. The van der Waals surface area contributed by atoms with Gasteiger partial charge in [0, 0.05) is 39.1 Å². The summed E-state index contributed by atoms with van der Waals surface area (Å²) in [7, 11) is 0. The van der Waals surface area contributed by atoms with Crippen molar-refractivity contribution in [1.29, 1.82) is 0 Å². The summed E-state index contributed by atoms with van der Waals surface area (Å²) in [5.41, 5.74) is -0.583. The minimum Gasteiger partial charge on any atom is -0.508 e. The van der Waals surface area contributed by atoms with Crippen LogP contribution in [0.4, 0.5) is 4.79 Å². The second kappa shape index (κ2) is 10.2. The molecule has 1 saturated heterocycles. The number of phenolic OH excluding ortho intramolecular Hbond substituents is 1. The number of aromatic hydroxyl groups is 1. The molecular weight excluding hydrogens is 390 g/mol. The van der Waals surface area contributed by atoms with Gasteiger partial charge in [0.05, 0.1) is 0 Å². The van der Waals surface area contributed by atoms with Gasteiger partial charge in [0.2, 0.25) is 5.91 Å². The number of amides is 3. The molecule has 166 valence electrons. The van der Waals surface area contributed by atoms with Gasteiger partial charge in [-0.1, -0.05) is 0 Å². The van der Waals surface area contributed by atoms with Gasteiger partial charge in [-0.3, -0.25) is 9.59 Å². The number of nitrogens with one attached hydrogen (secondary N) is 1. The zero-order valence-electron chi connectivity index (χ0n) is 18.0. The van der Waals surface area contributed by atoms with Crippen LogP contribution in [0.1, 0.15) is 34.1 Å². The van der Waals surface area contributed by atoms with E-state index in [0.717, 1.165) is 0 Å². The molecule has 30 heavy (non-hydrogen) atoms. The fourth-order valence-electron chi connectivity index (χ4n) is 2.96. The monoisotopic (exact) mass is 421 g/mol. The van der Waals surface area contributed by atoms with Gasteiger partial charge < -0.3 is 29.7 Å². The van der Waals surface area contributed by atoms with Crippen LogP contribution in [0.2, 0.25) is 0 Å². The molecule has 0 spiro atoms. The van der Waals surface area contributed by atoms with E-state index in [1.165, 1.54) is 12.1 Å². The van der Waals surface area contributed by atoms with Crippen molar-refractivity contribution in [3.05, 3.63) is 24.3 Å². The van der Waals surface area contributed by atoms with E-state index in [0.29, 0.717) is 31.9 Å². The molecule has 2 N–H and O–H groups in total. The zero-order valence-corrected chi connectivity index (χ0v) is 18.0. The summed E-state index contributed by atoms with van der Waals surface area (Å²) in [5, 5.41) is 11.9. The Labute approximate surface area is 176 Å². The Morgan fingerprint density at radius 3 is 2.20 bits per heavy atom. The minimum absolute atomic E-state index is 0.0773. The zero-order chi connectivity index (χ0) is 22.3. The number of phenols is 1. The smallest absolute Gasteiger partial charge is 0.407 e. The molecule has 9 nitrogen and oxygen atoms in total. The van der Waals surface area contributed by atoms with Crippen LogP contribution in [-0.4, -0.2) is 77.2 Å². The van der Waals surface area contributed by atoms with Gasteiger partial charge in [0.15, 0.2) is 6.10 Å². The molecule has 1 fully saturated rings. The van der Waals surface area contributed by atoms with Gasteiger partial charge in [-0.2, -0.15) is 0 Å². The summed E-state index contributed by atoms with van der Waals surface area (Å²) in [6.07, 6.45) is -1.05. The third-order valence-electron chi connectivity index (χ3n) is 4.45. The van der Waals surface area contributed by atoms with Crippen LogP contribution in [0.3, 0.4) is 0 Å². The van der Waals surface area contributed by atoms with Crippen molar-refractivity contribution in [1.82, 2.24) is 15.1 Å². The molecule has 1 unspecified atom stereocenters. The van der Waals surface area contributed by atoms with Crippen molar-refractivity contribution < 1.29 is 29.0 Å². The van der Waals surface area contributed by atoms with Crippen LogP contribution in [0.5, 0.6) is 11.5 Å². The van der Waals surface area contributed by atoms with Gasteiger partial charge in [0.25, 0.3) is 5.91 Å². The van der Waals surface area contributed by atoms with Crippen molar-refractivity contribution in [2.45, 2.75) is 45.8 Å². The maximum absolute atomic E-state index is 12.6. The molecule has 1 atom stereocenters. The fourth-order valence-corrected chi connectivity index (χ4v) is 2.96. The first-order valence-electron chi connectivity index (χ1n) is 10.0. The number of hydrogen-bond donors (Lipinski definition) is 2. The molecule has 1 aromatic rings. The number of carbonyl (C=O) groups is 3. The van der Waals surface area contributed by atoms with E-state index in [9.17, 15) is 19.5 Å². The molecule has 1 heterocycles. The molecule has 1 aromatic carbocycles. The van der Waals surface area contributed by atoms with E-state index in [4.69, 9.17) is 9.47 Å². The molecule has 2 rings (SSSR count). The molecule has 3 amide bonds. The lowest BCUT2D eigenvalue weighted by Gasteiger charge is -2.36. The van der Waals surface area contributed by atoms with Crippen LogP contribution >= 0.6 is 0 Å². The first-order chi connectivity index (χ1) is 14.0. The van der Waals surface area contributed by atoms with Gasteiger partial charge >= 0.3 is 6.09 Å². The summed E-state index contributed by atoms with van der Waals surface area (Å²) >= 11 is 0. The number of ether oxygens (including phenoxy) is 2. The quantitative estimate of drug-likeness (QED) is 0.724. The van der Waals surface area contributed by atoms with Crippen molar-refractivity contribution in [2.75, 3.05) is 32.7 Å². The largest absolute Gasteiger partial charge is 0.508 e. The maximum Gasteiger partial charge on any atom is 0.407 e. The lowest BCUT2D eigenvalue weighted by Crippen LogP contribution is -2.53. The molecule has 0 bridgehead atoms. The number of nitrogens with zero attached hydrogens (tertiary/aromatic N) is 2. The molecule has 9 heteroatoms. The van der Waals surface area contributed by atoms with E-state index in [2.05, 4.69) is 5.32 Å². The predicted octanol–water partition coefficient (Wildman–Crippen LogP) is 1.75. The van der Waals surface area contributed by atoms with Crippen molar-refractivity contribution in [2.24, 2.45) is 0 Å². The summed E-state index contributed by atoms with van der Waals surface area (Å²) in [4.78, 5) is 39.9. The number of piperazine rings is 1. The number of benzene rings is 1. The maximum atomic E-state index is 12.6. The van der Waals surface area contributed by atoms with E-state index >= 15 is 0 Å². The summed E-state index contributed by atoms with van der Waals surface area (Å²) in [6.45, 7) is 8.91.